The van der Waals surface area contributed by atoms with Gasteiger partial charge in [0.1, 0.15) is 0 Å². The van der Waals surface area contributed by atoms with Gasteiger partial charge in [-0.25, -0.2) is 13.1 Å². The highest BCUT2D eigenvalue weighted by Crippen LogP contribution is 2.29. The van der Waals surface area contributed by atoms with Gasteiger partial charge in [-0.05, 0) is 60.9 Å². The van der Waals surface area contributed by atoms with Crippen LogP contribution in [0.3, 0.4) is 0 Å². The maximum absolute atomic E-state index is 12.6. The molecular formula is C24H23F3N2O3S. The summed E-state index contributed by atoms with van der Waals surface area (Å²) in [5, 5.41) is 2.55. The Morgan fingerprint density at radius 3 is 2.09 bits per heavy atom. The van der Waals surface area contributed by atoms with E-state index in [2.05, 4.69) is 10.0 Å². The minimum atomic E-state index is -4.43. The second-order valence-electron chi connectivity index (χ2n) is 7.52. The van der Waals surface area contributed by atoms with Gasteiger partial charge in [0.25, 0.3) is 0 Å². The molecule has 5 nitrogen and oxygen atoms in total. The standard InChI is InChI=1S/C24H23F3N2O3S/c1-17(19-5-3-2-4-6-19)29-33(31,32)22-14-7-18(8-15-22)9-16-23(30)28-21-12-10-20(11-13-21)24(25,26)27/h2-8,10-15,17,29H,9,16H2,1H3,(H,28,30)/t17-/m1/s1. The van der Waals surface area contributed by atoms with Crippen molar-refractivity contribution < 1.29 is 26.4 Å². The summed E-state index contributed by atoms with van der Waals surface area (Å²) in [5.41, 5.74) is 1.08. The van der Waals surface area contributed by atoms with E-state index in [1.807, 2.05) is 30.3 Å². The molecule has 1 amide bonds. The lowest BCUT2D eigenvalue weighted by atomic mass is 10.1. The van der Waals surface area contributed by atoms with Crippen molar-refractivity contribution in [1.82, 2.24) is 4.72 Å². The summed E-state index contributed by atoms with van der Waals surface area (Å²) in [5.74, 6) is -0.357. The van der Waals surface area contributed by atoms with Crippen LogP contribution in [-0.2, 0) is 27.4 Å². The summed E-state index contributed by atoms with van der Waals surface area (Å²) >= 11 is 0. The van der Waals surface area contributed by atoms with E-state index < -0.39 is 27.8 Å². The molecule has 0 unspecified atom stereocenters. The molecule has 0 saturated heterocycles. The Hall–Kier alpha value is -3.17. The number of rotatable bonds is 8. The third-order valence-corrected chi connectivity index (χ3v) is 6.56. The Bertz CT molecular complexity index is 1180. The Kier molecular flexibility index (Phi) is 7.55. The number of nitrogens with one attached hydrogen (secondary N) is 2. The molecule has 9 heteroatoms. The summed E-state index contributed by atoms with van der Waals surface area (Å²) in [4.78, 5) is 12.2. The first-order valence-corrected chi connectivity index (χ1v) is 11.7. The van der Waals surface area contributed by atoms with Crippen LogP contribution in [0, 0.1) is 0 Å². The lowest BCUT2D eigenvalue weighted by molar-refractivity contribution is -0.137. The minimum Gasteiger partial charge on any atom is -0.326 e. The number of benzene rings is 3. The van der Waals surface area contributed by atoms with E-state index in [0.717, 1.165) is 23.3 Å². The quantitative estimate of drug-likeness (QED) is 0.462. The zero-order valence-electron chi connectivity index (χ0n) is 17.8. The maximum Gasteiger partial charge on any atom is 0.416 e. The van der Waals surface area contributed by atoms with Gasteiger partial charge in [0.15, 0.2) is 0 Å². The Labute approximate surface area is 190 Å². The maximum atomic E-state index is 12.6. The van der Waals surface area contributed by atoms with Gasteiger partial charge >= 0.3 is 6.18 Å². The number of aryl methyl sites for hydroxylation is 1. The molecule has 1 atom stereocenters. The third kappa shape index (κ3) is 6.90. The van der Waals surface area contributed by atoms with Crippen molar-refractivity contribution in [2.24, 2.45) is 0 Å². The average molecular weight is 477 g/mol. The molecule has 3 aromatic carbocycles. The van der Waals surface area contributed by atoms with Crippen molar-refractivity contribution in [3.05, 3.63) is 95.6 Å². The van der Waals surface area contributed by atoms with E-state index in [9.17, 15) is 26.4 Å². The van der Waals surface area contributed by atoms with Gasteiger partial charge in [-0.3, -0.25) is 4.79 Å². The van der Waals surface area contributed by atoms with Gasteiger partial charge in [0.2, 0.25) is 15.9 Å². The van der Waals surface area contributed by atoms with Crippen LogP contribution in [-0.4, -0.2) is 14.3 Å². The summed E-state index contributed by atoms with van der Waals surface area (Å²) < 4.78 is 65.7. The van der Waals surface area contributed by atoms with E-state index in [-0.39, 0.29) is 22.9 Å². The van der Waals surface area contributed by atoms with Crippen molar-refractivity contribution in [3.8, 4) is 0 Å². The molecular weight excluding hydrogens is 453 g/mol. The fourth-order valence-corrected chi connectivity index (χ4v) is 4.40. The minimum absolute atomic E-state index is 0.0937. The van der Waals surface area contributed by atoms with E-state index >= 15 is 0 Å². The van der Waals surface area contributed by atoms with Gasteiger partial charge in [-0.2, -0.15) is 13.2 Å². The second-order valence-corrected chi connectivity index (χ2v) is 9.23. The molecule has 0 aromatic heterocycles. The number of carbonyl (C=O) groups excluding carboxylic acids is 1. The van der Waals surface area contributed by atoms with E-state index in [4.69, 9.17) is 0 Å². The summed E-state index contributed by atoms with van der Waals surface area (Å²) in [6.45, 7) is 1.76. The normalized spacial score (nSPS) is 12.8. The van der Waals surface area contributed by atoms with Crippen molar-refractivity contribution >= 4 is 21.6 Å². The van der Waals surface area contributed by atoms with Crippen LogP contribution in [0.15, 0.2) is 83.8 Å². The molecule has 0 fully saturated rings. The lowest BCUT2D eigenvalue weighted by Gasteiger charge is -2.15. The number of sulfonamides is 1. The molecule has 33 heavy (non-hydrogen) atoms. The molecule has 0 aliphatic rings. The SMILES string of the molecule is C[C@@H](NS(=O)(=O)c1ccc(CCC(=O)Nc2ccc(C(F)(F)F)cc2)cc1)c1ccccc1. The number of hydrogen-bond acceptors (Lipinski definition) is 3. The largest absolute Gasteiger partial charge is 0.416 e. The Morgan fingerprint density at radius 2 is 1.52 bits per heavy atom. The molecule has 3 aromatic rings. The van der Waals surface area contributed by atoms with Crippen molar-refractivity contribution in [1.29, 1.82) is 0 Å². The van der Waals surface area contributed by atoms with Crippen molar-refractivity contribution in [2.75, 3.05) is 5.32 Å². The van der Waals surface area contributed by atoms with E-state index in [1.165, 1.54) is 24.3 Å². The predicted octanol–water partition coefficient (Wildman–Crippen LogP) is 5.32. The first kappa shape index (κ1) is 24.5. The highest BCUT2D eigenvalue weighted by molar-refractivity contribution is 7.89. The molecule has 0 aliphatic carbocycles. The van der Waals surface area contributed by atoms with Gasteiger partial charge in [-0.1, -0.05) is 42.5 Å². The molecule has 0 radical (unpaired) electrons. The first-order valence-electron chi connectivity index (χ1n) is 10.2. The molecule has 0 heterocycles. The van der Waals surface area contributed by atoms with Crippen molar-refractivity contribution in [2.45, 2.75) is 36.9 Å². The fraction of sp³-hybridized carbons (Fsp3) is 0.208. The van der Waals surface area contributed by atoms with Crippen LogP contribution in [0.2, 0.25) is 0 Å². The molecule has 2 N–H and O–H groups in total. The first-order chi connectivity index (χ1) is 15.5. The number of anilines is 1. The third-order valence-electron chi connectivity index (χ3n) is 5.00. The number of halogens is 3. The van der Waals surface area contributed by atoms with E-state index in [1.54, 1.807) is 19.1 Å². The van der Waals surface area contributed by atoms with Crippen LogP contribution >= 0.6 is 0 Å². The molecule has 174 valence electrons. The molecule has 0 aliphatic heterocycles. The number of hydrogen-bond donors (Lipinski definition) is 2. The molecule has 0 spiro atoms. The van der Waals surface area contributed by atoms with Crippen LogP contribution in [0.5, 0.6) is 0 Å². The van der Waals surface area contributed by atoms with Crippen LogP contribution in [0.1, 0.15) is 36.1 Å². The van der Waals surface area contributed by atoms with Crippen LogP contribution in [0.25, 0.3) is 0 Å². The second kappa shape index (κ2) is 10.2. The topological polar surface area (TPSA) is 75.3 Å². The lowest BCUT2D eigenvalue weighted by Crippen LogP contribution is -2.26. The number of alkyl halides is 3. The summed E-state index contributed by atoms with van der Waals surface area (Å²) in [7, 11) is -3.72. The fourth-order valence-electron chi connectivity index (χ4n) is 3.17. The average Bonchev–Trinajstić information content (AvgIpc) is 2.78. The molecule has 0 bridgehead atoms. The molecule has 3 rings (SSSR count). The monoisotopic (exact) mass is 476 g/mol. The van der Waals surface area contributed by atoms with Gasteiger partial charge < -0.3 is 5.32 Å². The van der Waals surface area contributed by atoms with Crippen LogP contribution < -0.4 is 10.0 Å². The number of carbonyl (C=O) groups is 1. The molecule has 0 saturated carbocycles. The zero-order valence-corrected chi connectivity index (χ0v) is 18.6. The van der Waals surface area contributed by atoms with Gasteiger partial charge in [0, 0.05) is 18.2 Å². The van der Waals surface area contributed by atoms with E-state index in [0.29, 0.717) is 6.42 Å². The van der Waals surface area contributed by atoms with Crippen LogP contribution in [0.4, 0.5) is 18.9 Å². The Morgan fingerprint density at radius 1 is 0.909 bits per heavy atom. The van der Waals surface area contributed by atoms with Gasteiger partial charge in [-0.15, -0.1) is 0 Å². The summed E-state index contributed by atoms with van der Waals surface area (Å²) in [6, 6.07) is 19.2. The van der Waals surface area contributed by atoms with Gasteiger partial charge in [0.05, 0.1) is 10.5 Å². The number of amides is 1. The highest BCUT2D eigenvalue weighted by atomic mass is 32.2. The summed E-state index contributed by atoms with van der Waals surface area (Å²) in [6.07, 6.45) is -3.99. The van der Waals surface area contributed by atoms with Crippen molar-refractivity contribution in [3.63, 3.8) is 0 Å². The predicted molar refractivity (Wildman–Crippen MR) is 120 cm³/mol. The Balaban J connectivity index is 1.54. The zero-order chi connectivity index (χ0) is 24.1. The smallest absolute Gasteiger partial charge is 0.326 e. The highest BCUT2D eigenvalue weighted by Gasteiger charge is 2.30.